The molecule has 3 rings (SSSR count). The highest BCUT2D eigenvalue weighted by atomic mass is 16.6. The van der Waals surface area contributed by atoms with Crippen molar-refractivity contribution in [3.63, 3.8) is 0 Å². The van der Waals surface area contributed by atoms with E-state index in [2.05, 4.69) is 5.32 Å². The molecule has 5 heteroatoms. The van der Waals surface area contributed by atoms with E-state index in [-0.39, 0.29) is 10.6 Å². The Morgan fingerprint density at radius 3 is 2.85 bits per heavy atom. The SMILES string of the molecule is COc1ccc([N+](=O)[O-])c(NCC2CC3CCC2C3)c1. The van der Waals surface area contributed by atoms with Crippen molar-refractivity contribution in [2.24, 2.45) is 17.8 Å². The van der Waals surface area contributed by atoms with Gasteiger partial charge in [0, 0.05) is 18.7 Å². The Labute approximate surface area is 118 Å². The molecule has 2 aliphatic rings. The van der Waals surface area contributed by atoms with E-state index in [1.54, 1.807) is 19.2 Å². The molecular weight excluding hydrogens is 256 g/mol. The predicted molar refractivity (Wildman–Crippen MR) is 77.1 cm³/mol. The Hall–Kier alpha value is -1.78. The molecule has 2 bridgehead atoms. The third-order valence-electron chi connectivity index (χ3n) is 4.84. The summed E-state index contributed by atoms with van der Waals surface area (Å²) in [4.78, 5) is 10.7. The Bertz CT molecular complexity index is 518. The van der Waals surface area contributed by atoms with Crippen molar-refractivity contribution < 1.29 is 9.66 Å². The van der Waals surface area contributed by atoms with Gasteiger partial charge in [0.15, 0.2) is 0 Å². The molecule has 0 heterocycles. The Kier molecular flexibility index (Phi) is 3.51. The van der Waals surface area contributed by atoms with Gasteiger partial charge in [0.05, 0.1) is 12.0 Å². The van der Waals surface area contributed by atoms with Gasteiger partial charge in [-0.15, -0.1) is 0 Å². The fourth-order valence-corrected chi connectivity index (χ4v) is 3.81. The molecule has 1 aromatic carbocycles. The maximum absolute atomic E-state index is 11.1. The van der Waals surface area contributed by atoms with Crippen molar-refractivity contribution in [3.8, 4) is 5.75 Å². The number of ether oxygens (including phenoxy) is 1. The standard InChI is InChI=1S/C15H20N2O3/c1-20-13-4-5-15(17(18)19)14(8-13)16-9-12-7-10-2-3-11(12)6-10/h4-5,8,10-12,16H,2-3,6-7,9H2,1H3. The molecule has 108 valence electrons. The molecule has 0 radical (unpaired) electrons. The van der Waals surface area contributed by atoms with Gasteiger partial charge in [0.25, 0.3) is 5.69 Å². The van der Waals surface area contributed by atoms with Crippen molar-refractivity contribution in [1.29, 1.82) is 0 Å². The van der Waals surface area contributed by atoms with Crippen LogP contribution in [0.15, 0.2) is 18.2 Å². The molecule has 1 N–H and O–H groups in total. The summed E-state index contributed by atoms with van der Waals surface area (Å²) in [5.74, 6) is 3.02. The minimum Gasteiger partial charge on any atom is -0.497 e. The zero-order valence-corrected chi connectivity index (χ0v) is 11.7. The van der Waals surface area contributed by atoms with Crippen molar-refractivity contribution >= 4 is 11.4 Å². The molecule has 20 heavy (non-hydrogen) atoms. The summed E-state index contributed by atoms with van der Waals surface area (Å²) in [5.41, 5.74) is 0.686. The number of rotatable bonds is 5. The zero-order valence-electron chi connectivity index (χ0n) is 11.7. The lowest BCUT2D eigenvalue weighted by molar-refractivity contribution is -0.384. The van der Waals surface area contributed by atoms with Crippen molar-refractivity contribution in [2.75, 3.05) is 19.0 Å². The van der Waals surface area contributed by atoms with E-state index in [1.165, 1.54) is 31.7 Å². The average molecular weight is 276 g/mol. The summed E-state index contributed by atoms with van der Waals surface area (Å²) in [5, 5.41) is 14.3. The maximum atomic E-state index is 11.1. The van der Waals surface area contributed by atoms with Crippen molar-refractivity contribution in [1.82, 2.24) is 0 Å². The van der Waals surface area contributed by atoms with Crippen LogP contribution in [0.1, 0.15) is 25.7 Å². The molecule has 0 saturated heterocycles. The highest BCUT2D eigenvalue weighted by Gasteiger charge is 2.39. The van der Waals surface area contributed by atoms with Crippen LogP contribution in [-0.4, -0.2) is 18.6 Å². The minimum atomic E-state index is -0.345. The molecule has 2 aliphatic carbocycles. The normalized spacial score (nSPS) is 27.6. The van der Waals surface area contributed by atoms with Gasteiger partial charge in [-0.25, -0.2) is 0 Å². The Balaban J connectivity index is 1.71. The van der Waals surface area contributed by atoms with Gasteiger partial charge in [-0.2, -0.15) is 0 Å². The van der Waals surface area contributed by atoms with Crippen molar-refractivity contribution in [2.45, 2.75) is 25.7 Å². The van der Waals surface area contributed by atoms with Crippen LogP contribution in [0.3, 0.4) is 0 Å². The fourth-order valence-electron chi connectivity index (χ4n) is 3.81. The number of fused-ring (bicyclic) bond motifs is 2. The second kappa shape index (κ2) is 5.31. The molecule has 2 saturated carbocycles. The van der Waals surface area contributed by atoms with E-state index in [0.717, 1.165) is 18.4 Å². The lowest BCUT2D eigenvalue weighted by atomic mass is 9.89. The largest absolute Gasteiger partial charge is 0.497 e. The number of hydrogen-bond donors (Lipinski definition) is 1. The van der Waals surface area contributed by atoms with Crippen LogP contribution in [0.2, 0.25) is 0 Å². The number of nitrogens with zero attached hydrogens (tertiary/aromatic N) is 1. The fraction of sp³-hybridized carbons (Fsp3) is 0.600. The monoisotopic (exact) mass is 276 g/mol. The van der Waals surface area contributed by atoms with Crippen LogP contribution in [0.4, 0.5) is 11.4 Å². The summed E-state index contributed by atoms with van der Waals surface area (Å²) in [6.07, 6.45) is 5.33. The highest BCUT2D eigenvalue weighted by molar-refractivity contribution is 5.64. The predicted octanol–water partition coefficient (Wildman–Crippen LogP) is 3.45. The first-order valence-electron chi connectivity index (χ1n) is 7.23. The third-order valence-corrected chi connectivity index (χ3v) is 4.84. The highest BCUT2D eigenvalue weighted by Crippen LogP contribution is 2.48. The molecule has 2 fully saturated rings. The molecule has 0 aliphatic heterocycles. The molecule has 0 amide bonds. The van der Waals surface area contributed by atoms with E-state index in [4.69, 9.17) is 4.74 Å². The molecule has 3 atom stereocenters. The number of nitro groups is 1. The number of nitro benzene ring substituents is 1. The first-order chi connectivity index (χ1) is 9.67. The van der Waals surface area contributed by atoms with Gasteiger partial charge in [0.2, 0.25) is 0 Å². The van der Waals surface area contributed by atoms with E-state index in [9.17, 15) is 10.1 Å². The molecule has 0 aromatic heterocycles. The first-order valence-corrected chi connectivity index (χ1v) is 7.23. The number of hydrogen-bond acceptors (Lipinski definition) is 4. The molecule has 1 aromatic rings. The summed E-state index contributed by atoms with van der Waals surface area (Å²) in [6, 6.07) is 4.84. The number of methoxy groups -OCH3 is 1. The van der Waals surface area contributed by atoms with Crippen LogP contribution in [0.25, 0.3) is 0 Å². The summed E-state index contributed by atoms with van der Waals surface area (Å²) in [7, 11) is 1.57. The summed E-state index contributed by atoms with van der Waals surface area (Å²) < 4.78 is 5.15. The van der Waals surface area contributed by atoms with E-state index in [1.807, 2.05) is 0 Å². The maximum Gasteiger partial charge on any atom is 0.292 e. The zero-order chi connectivity index (χ0) is 14.1. The first kappa shape index (κ1) is 13.2. The smallest absolute Gasteiger partial charge is 0.292 e. The van der Waals surface area contributed by atoms with Crippen molar-refractivity contribution in [3.05, 3.63) is 28.3 Å². The van der Waals surface area contributed by atoms with Crippen LogP contribution in [-0.2, 0) is 0 Å². The van der Waals surface area contributed by atoms with Gasteiger partial charge in [-0.3, -0.25) is 10.1 Å². The van der Waals surface area contributed by atoms with Gasteiger partial charge < -0.3 is 10.1 Å². The Morgan fingerprint density at radius 2 is 2.25 bits per heavy atom. The van der Waals surface area contributed by atoms with E-state index in [0.29, 0.717) is 17.4 Å². The molecular formula is C15H20N2O3. The number of benzene rings is 1. The van der Waals surface area contributed by atoms with Crippen LogP contribution in [0.5, 0.6) is 5.75 Å². The van der Waals surface area contributed by atoms with E-state index < -0.39 is 0 Å². The Morgan fingerprint density at radius 1 is 1.40 bits per heavy atom. The van der Waals surface area contributed by atoms with Gasteiger partial charge >= 0.3 is 0 Å². The molecule has 5 nitrogen and oxygen atoms in total. The number of anilines is 1. The minimum absolute atomic E-state index is 0.119. The van der Waals surface area contributed by atoms with Crippen LogP contribution >= 0.6 is 0 Å². The second-order valence-corrected chi connectivity index (χ2v) is 5.96. The topological polar surface area (TPSA) is 64.4 Å². The number of nitrogens with one attached hydrogen (secondary N) is 1. The molecule has 3 unspecified atom stereocenters. The lowest BCUT2D eigenvalue weighted by Crippen LogP contribution is -2.20. The van der Waals surface area contributed by atoms with Gasteiger partial charge in [0.1, 0.15) is 11.4 Å². The lowest BCUT2D eigenvalue weighted by Gasteiger charge is -2.22. The van der Waals surface area contributed by atoms with E-state index >= 15 is 0 Å². The summed E-state index contributed by atoms with van der Waals surface area (Å²) in [6.45, 7) is 0.829. The van der Waals surface area contributed by atoms with Gasteiger partial charge in [-0.1, -0.05) is 6.42 Å². The molecule has 0 spiro atoms. The quantitative estimate of drug-likeness (QED) is 0.661. The van der Waals surface area contributed by atoms with Crippen LogP contribution in [0, 0.1) is 27.9 Å². The summed E-state index contributed by atoms with van der Waals surface area (Å²) >= 11 is 0. The van der Waals surface area contributed by atoms with Crippen LogP contribution < -0.4 is 10.1 Å². The second-order valence-electron chi connectivity index (χ2n) is 5.96. The van der Waals surface area contributed by atoms with Gasteiger partial charge in [-0.05, 0) is 43.1 Å². The third kappa shape index (κ3) is 2.44. The average Bonchev–Trinajstić information content (AvgIpc) is 3.07.